The zero-order valence-electron chi connectivity index (χ0n) is 8.05. The Hall–Kier alpha value is 0.00688. The van der Waals surface area contributed by atoms with Gasteiger partial charge in [-0.05, 0) is 19.6 Å². The molecule has 0 aliphatic rings. The molecule has 0 amide bonds. The van der Waals surface area contributed by atoms with Crippen molar-refractivity contribution in [1.82, 2.24) is 0 Å². The number of alkyl halides is 2. The summed E-state index contributed by atoms with van der Waals surface area (Å²) in [5.74, 6) is 0. The Morgan fingerprint density at radius 3 is 1.00 bits per heavy atom. The third kappa shape index (κ3) is 13500000. The number of halogens is 3. The molecule has 11 heavy (non-hydrogen) atoms. The van der Waals surface area contributed by atoms with Crippen molar-refractivity contribution >= 4 is 8.41 Å². The van der Waals surface area contributed by atoms with Crippen LogP contribution in [0.3, 0.4) is 0 Å². The Bertz CT molecular complexity index is 44.1. The lowest BCUT2D eigenvalue weighted by atomic mass is 10.6. The summed E-state index contributed by atoms with van der Waals surface area (Å²) in [6.07, 6.45) is 1.25. The minimum atomic E-state index is -2.11. The lowest BCUT2D eigenvalue weighted by Crippen LogP contribution is -2.08. The third-order valence-electron chi connectivity index (χ3n) is 0. The van der Waals surface area contributed by atoms with Gasteiger partial charge >= 0.3 is 0 Å². The van der Waals surface area contributed by atoms with Gasteiger partial charge in [-0.15, -0.1) is 0 Å². The van der Waals surface area contributed by atoms with Gasteiger partial charge in [-0.3, -0.25) is 0 Å². The molecule has 0 aromatic rings. The van der Waals surface area contributed by atoms with E-state index in [0.29, 0.717) is 0 Å². The quantitative estimate of drug-likeness (QED) is 0.397. The predicted octanol–water partition coefficient (Wildman–Crippen LogP) is 4.09. The van der Waals surface area contributed by atoms with Crippen LogP contribution in [0.5, 0.6) is 0 Å². The summed E-state index contributed by atoms with van der Waals surface area (Å²) in [6, 6.07) is 0. The molecule has 0 heterocycles. The van der Waals surface area contributed by atoms with Crippen LogP contribution >= 0.6 is 0 Å². The van der Waals surface area contributed by atoms with Crippen molar-refractivity contribution in [3.63, 3.8) is 0 Å². The van der Waals surface area contributed by atoms with Crippen molar-refractivity contribution in [2.24, 2.45) is 0 Å². The van der Waals surface area contributed by atoms with E-state index in [0.717, 1.165) is 0 Å². The maximum absolute atomic E-state index is 11.8. The van der Waals surface area contributed by atoms with Crippen LogP contribution in [-0.4, -0.2) is 15.3 Å². The molecule has 0 saturated heterocycles. The van der Waals surface area contributed by atoms with Gasteiger partial charge in [-0.2, -0.15) is 0 Å². The topological polar surface area (TPSA) is 0 Å². The van der Waals surface area contributed by atoms with E-state index in [1.165, 1.54) is 6.42 Å². The summed E-state index contributed by atoms with van der Waals surface area (Å²) in [5, 5.41) is 0. The van der Waals surface area contributed by atoms with Crippen LogP contribution < -0.4 is 0 Å². The first-order valence-corrected chi connectivity index (χ1v) is 7.02. The maximum Gasteiger partial charge on any atom is 0.237 e. The molecule has 0 bridgehead atoms. The van der Waals surface area contributed by atoms with Crippen molar-refractivity contribution in [2.75, 3.05) is 6.93 Å². The van der Waals surface area contributed by atoms with E-state index >= 15 is 0 Å². The van der Waals surface area contributed by atoms with E-state index < -0.39 is 15.3 Å². The lowest BCUT2D eigenvalue weighted by molar-refractivity contribution is 0.295. The monoisotopic (exact) mass is 188 g/mol. The largest absolute Gasteiger partial charge is 0.315 e. The number of hydrogen-bond acceptors (Lipinski definition) is 0. The zero-order valence-corrected chi connectivity index (χ0v) is 9.05. The van der Waals surface area contributed by atoms with Crippen molar-refractivity contribution in [3.05, 3.63) is 0 Å². The van der Waals surface area contributed by atoms with Gasteiger partial charge in [0.15, 0.2) is 0 Å². The van der Waals surface area contributed by atoms with E-state index in [1.54, 1.807) is 19.6 Å². The van der Waals surface area contributed by atoms with Crippen LogP contribution in [0.25, 0.3) is 0 Å². The molecule has 0 unspecified atom stereocenters. The second-order valence-electron chi connectivity index (χ2n) is 2.88. The van der Waals surface area contributed by atoms with Gasteiger partial charge in [0.05, 0.1) is 0 Å². The van der Waals surface area contributed by atoms with Crippen molar-refractivity contribution < 1.29 is 12.9 Å². The van der Waals surface area contributed by atoms with Gasteiger partial charge in [0, 0.05) is 0 Å². The fourth-order valence-corrected chi connectivity index (χ4v) is 0. The normalized spacial score (nSPS) is 8.73. The molecule has 0 spiro atoms. The summed E-state index contributed by atoms with van der Waals surface area (Å²) in [6.45, 7) is 7.48. The molecule has 0 aromatic heterocycles. The van der Waals surface area contributed by atoms with Gasteiger partial charge in [0.1, 0.15) is 0 Å². The van der Waals surface area contributed by atoms with Crippen LogP contribution in [0.15, 0.2) is 0 Å². The maximum atomic E-state index is 11.8. The molecular weight excluding hydrogens is 169 g/mol. The highest BCUT2D eigenvalue weighted by atomic mass is 28.4. The first-order chi connectivity index (χ1) is 4.83. The average Bonchev–Trinajstić information content (AvgIpc) is 1.62. The molecule has 72 valence electrons. The highest BCUT2D eigenvalue weighted by Gasteiger charge is 2.08. The summed E-state index contributed by atoms with van der Waals surface area (Å²) < 4.78 is 31.1. The van der Waals surface area contributed by atoms with Gasteiger partial charge in [-0.1, -0.05) is 20.3 Å². The molecule has 0 radical (unpaired) electrons. The third-order valence-corrected chi connectivity index (χ3v) is 0. The second-order valence-corrected chi connectivity index (χ2v) is 7.01. The van der Waals surface area contributed by atoms with Crippen molar-refractivity contribution in [3.8, 4) is 0 Å². The smallest absolute Gasteiger partial charge is 0.237 e. The molecule has 0 aromatic carbocycles. The molecule has 0 rings (SSSR count). The summed E-state index contributed by atoms with van der Waals surface area (Å²) in [7, 11) is -2.11. The van der Waals surface area contributed by atoms with Crippen LogP contribution in [0.2, 0.25) is 19.6 Å². The molecule has 0 N–H and O–H groups in total. The Balaban J connectivity index is -0.0000000933. The molecule has 0 aliphatic heterocycles. The van der Waals surface area contributed by atoms with Gasteiger partial charge in [0.2, 0.25) is 15.3 Å². The van der Waals surface area contributed by atoms with Crippen molar-refractivity contribution in [1.29, 1.82) is 0 Å². The molecule has 0 saturated carbocycles. The second kappa shape index (κ2) is 12.7. The minimum absolute atomic E-state index is 1.25. The summed E-state index contributed by atoms with van der Waals surface area (Å²) >= 11 is 0. The Morgan fingerprint density at radius 2 is 1.00 bits per heavy atom. The van der Waals surface area contributed by atoms with Crippen molar-refractivity contribution in [2.45, 2.75) is 39.9 Å². The highest BCUT2D eigenvalue weighted by Crippen LogP contribution is 1.97. The van der Waals surface area contributed by atoms with E-state index in [2.05, 4.69) is 13.8 Å². The van der Waals surface area contributed by atoms with Gasteiger partial charge < -0.3 is 4.11 Å². The molecule has 4 heteroatoms. The molecule has 0 aliphatic carbocycles. The van der Waals surface area contributed by atoms with Crippen LogP contribution in [0, 0.1) is 0 Å². The zero-order chi connectivity index (χ0) is 9.91. The van der Waals surface area contributed by atoms with E-state index in [-0.39, 0.29) is 0 Å². The SMILES string of the molecule is CCC.C[Si](C)(C)F.FCF. The minimum Gasteiger partial charge on any atom is -0.315 e. The first-order valence-electron chi connectivity index (χ1n) is 3.64. The lowest BCUT2D eigenvalue weighted by Gasteiger charge is -1.95. The fraction of sp³-hybridized carbons (Fsp3) is 1.00. The molecule has 0 fully saturated rings. The van der Waals surface area contributed by atoms with Crippen LogP contribution in [0.1, 0.15) is 20.3 Å². The number of rotatable bonds is 0. The molecule has 0 nitrogen and oxygen atoms in total. The fourth-order valence-electron chi connectivity index (χ4n) is 0. The van der Waals surface area contributed by atoms with Gasteiger partial charge in [0.25, 0.3) is 0 Å². The average molecular weight is 188 g/mol. The molecular formula is C7H19F3Si. The van der Waals surface area contributed by atoms with E-state index in [1.807, 2.05) is 0 Å². The Kier molecular flexibility index (Phi) is 19.8. The van der Waals surface area contributed by atoms with Gasteiger partial charge in [-0.25, -0.2) is 8.78 Å². The van der Waals surface area contributed by atoms with Crippen LogP contribution in [-0.2, 0) is 0 Å². The van der Waals surface area contributed by atoms with E-state index in [4.69, 9.17) is 0 Å². The van der Waals surface area contributed by atoms with E-state index in [9.17, 15) is 12.9 Å². The predicted molar refractivity (Wildman–Crippen MR) is 47.5 cm³/mol. The first kappa shape index (κ1) is 17.2. The highest BCUT2D eigenvalue weighted by molar-refractivity contribution is 6.69. The Labute approximate surface area is 69.0 Å². The summed E-state index contributed by atoms with van der Waals surface area (Å²) in [5.41, 5.74) is 0. The molecule has 0 atom stereocenters. The Morgan fingerprint density at radius 1 is 1.00 bits per heavy atom. The summed E-state index contributed by atoms with van der Waals surface area (Å²) in [4.78, 5) is 0. The number of hydrogen-bond donors (Lipinski definition) is 0. The standard InChI is InChI=1S/C3H9FSi.C3H8.CH2F2/c1-5(2,3)4;1-3-2;2-1-3/h1-3H3;3H2,1-2H3;1H2. The van der Waals surface area contributed by atoms with Crippen LogP contribution in [0.4, 0.5) is 12.9 Å².